The number of hydroxylamine groups is 2. The molecule has 0 aromatic heterocycles. The molecule has 0 unspecified atom stereocenters. The quantitative estimate of drug-likeness (QED) is 0.523. The van der Waals surface area contributed by atoms with Gasteiger partial charge in [-0.1, -0.05) is 31.2 Å². The Morgan fingerprint density at radius 1 is 1.14 bits per heavy atom. The molecule has 2 heterocycles. The lowest BCUT2D eigenvalue weighted by Gasteiger charge is -2.21. The maximum Gasteiger partial charge on any atom is 0.326 e. The molecule has 3 N–H and O–H groups in total. The fraction of sp³-hybridized carbons (Fsp3) is 0.357. The number of rotatable bonds is 8. The molecule has 0 radical (unpaired) electrons. The lowest BCUT2D eigenvalue weighted by molar-refractivity contribution is -0.180. The van der Waals surface area contributed by atoms with E-state index in [1.54, 1.807) is 12.1 Å². The largest absolute Gasteiger partial charge is 0.480 e. The molecule has 2 aliphatic rings. The molecule has 4 rings (SSSR count). The number of aliphatic carboxylic acids is 1. The first kappa shape index (κ1) is 26.1. The van der Waals surface area contributed by atoms with E-state index in [1.807, 2.05) is 50.3 Å². The van der Waals surface area contributed by atoms with Crippen molar-refractivity contribution in [3.8, 4) is 11.1 Å². The number of amidine groups is 1. The molecule has 0 spiro atoms. The highest BCUT2D eigenvalue weighted by atomic mass is 16.7. The van der Waals surface area contributed by atoms with Crippen molar-refractivity contribution in [2.75, 3.05) is 19.7 Å². The van der Waals surface area contributed by atoms with Crippen LogP contribution in [0.25, 0.3) is 17.2 Å². The van der Waals surface area contributed by atoms with Gasteiger partial charge in [-0.05, 0) is 61.6 Å². The minimum absolute atomic E-state index is 0.220. The fourth-order valence-corrected chi connectivity index (χ4v) is 4.69. The Bertz CT molecular complexity index is 1250. The molecule has 1 saturated heterocycles. The Hall–Kier alpha value is -3.98. The zero-order chi connectivity index (χ0) is 26.5. The predicted octanol–water partition coefficient (Wildman–Crippen LogP) is 4.01. The molecule has 0 aliphatic carbocycles. The van der Waals surface area contributed by atoms with Gasteiger partial charge in [0.05, 0.1) is 12.3 Å². The lowest BCUT2D eigenvalue weighted by Crippen LogP contribution is -2.40. The molecule has 0 saturated carbocycles. The molecule has 194 valence electrons. The van der Waals surface area contributed by atoms with Crippen LogP contribution in [0.1, 0.15) is 55.5 Å². The maximum atomic E-state index is 13.1. The van der Waals surface area contributed by atoms with E-state index in [-0.39, 0.29) is 18.2 Å². The van der Waals surface area contributed by atoms with E-state index in [0.29, 0.717) is 55.2 Å². The van der Waals surface area contributed by atoms with Crippen LogP contribution in [0, 0.1) is 0 Å². The predicted molar refractivity (Wildman–Crippen MR) is 141 cm³/mol. The van der Waals surface area contributed by atoms with Crippen molar-refractivity contribution < 1.29 is 24.3 Å². The molecule has 9 nitrogen and oxygen atoms in total. The number of hydrogen-bond donors (Lipinski definition) is 2. The summed E-state index contributed by atoms with van der Waals surface area (Å²) in [5.41, 5.74) is 10.3. The standard InChI is InChI=1S/C28H32N4O5/c1-3-13-32(37-4-2)27(34)22-15-21-12-11-20(16-23(21)30-25(29)17-22)18-7-9-19(10-8-18)26(33)31-14-5-6-24(31)28(35)36/h7-12,15-16,24H,3-6,13-14,17H2,1-2H3,(H2,29,30)(H,35,36)/t24-/m0/s1. The van der Waals surface area contributed by atoms with Crippen LogP contribution in [-0.4, -0.2) is 64.4 Å². The van der Waals surface area contributed by atoms with Crippen LogP contribution in [0.2, 0.25) is 0 Å². The molecule has 0 bridgehead atoms. The Kier molecular flexibility index (Phi) is 8.03. The molecular weight excluding hydrogens is 472 g/mol. The highest BCUT2D eigenvalue weighted by Crippen LogP contribution is 2.32. The average Bonchev–Trinajstić information content (AvgIpc) is 3.32. The minimum atomic E-state index is -0.970. The van der Waals surface area contributed by atoms with Crippen molar-refractivity contribution in [1.82, 2.24) is 9.96 Å². The number of nitrogens with two attached hydrogens (primary N) is 1. The van der Waals surface area contributed by atoms with E-state index < -0.39 is 12.0 Å². The number of hydrogen-bond acceptors (Lipinski definition) is 6. The smallest absolute Gasteiger partial charge is 0.326 e. The molecule has 2 aliphatic heterocycles. The second-order valence-corrected chi connectivity index (χ2v) is 9.12. The van der Waals surface area contributed by atoms with E-state index in [0.717, 1.165) is 23.1 Å². The first-order chi connectivity index (χ1) is 17.8. The van der Waals surface area contributed by atoms with Crippen LogP contribution in [0.5, 0.6) is 0 Å². The third-order valence-corrected chi connectivity index (χ3v) is 6.47. The van der Waals surface area contributed by atoms with Crippen LogP contribution in [0.3, 0.4) is 0 Å². The summed E-state index contributed by atoms with van der Waals surface area (Å²) in [4.78, 5) is 48.9. The second-order valence-electron chi connectivity index (χ2n) is 9.12. The van der Waals surface area contributed by atoms with Gasteiger partial charge in [0.15, 0.2) is 0 Å². The van der Waals surface area contributed by atoms with Gasteiger partial charge in [-0.2, -0.15) is 0 Å². The third-order valence-electron chi connectivity index (χ3n) is 6.47. The summed E-state index contributed by atoms with van der Waals surface area (Å²) >= 11 is 0. The molecule has 2 amide bonds. The summed E-state index contributed by atoms with van der Waals surface area (Å²) in [6, 6.07) is 12.0. The first-order valence-electron chi connectivity index (χ1n) is 12.6. The zero-order valence-electron chi connectivity index (χ0n) is 21.1. The van der Waals surface area contributed by atoms with Gasteiger partial charge in [-0.3, -0.25) is 14.4 Å². The zero-order valence-corrected chi connectivity index (χ0v) is 21.1. The van der Waals surface area contributed by atoms with Crippen LogP contribution in [0.15, 0.2) is 53.0 Å². The van der Waals surface area contributed by atoms with Gasteiger partial charge in [0.1, 0.15) is 11.9 Å². The van der Waals surface area contributed by atoms with Crippen LogP contribution in [0.4, 0.5) is 5.69 Å². The van der Waals surface area contributed by atoms with E-state index in [1.165, 1.54) is 9.96 Å². The van der Waals surface area contributed by atoms with E-state index >= 15 is 0 Å². The maximum absolute atomic E-state index is 13.1. The Morgan fingerprint density at radius 3 is 2.54 bits per heavy atom. The molecule has 9 heteroatoms. The molecule has 1 fully saturated rings. The van der Waals surface area contributed by atoms with Gasteiger partial charge < -0.3 is 15.7 Å². The van der Waals surface area contributed by atoms with Gasteiger partial charge in [-0.25, -0.2) is 14.9 Å². The molecule has 37 heavy (non-hydrogen) atoms. The number of carbonyl (C=O) groups is 3. The molecule has 1 atom stereocenters. The van der Waals surface area contributed by atoms with Crippen molar-refractivity contribution in [3.63, 3.8) is 0 Å². The normalized spacial score (nSPS) is 16.9. The van der Waals surface area contributed by atoms with Gasteiger partial charge in [0.2, 0.25) is 0 Å². The number of carbonyl (C=O) groups excluding carboxylic acids is 2. The Labute approximate surface area is 216 Å². The fourth-order valence-electron chi connectivity index (χ4n) is 4.69. The van der Waals surface area contributed by atoms with E-state index in [9.17, 15) is 19.5 Å². The number of benzene rings is 2. The van der Waals surface area contributed by atoms with Crippen molar-refractivity contribution in [1.29, 1.82) is 0 Å². The topological polar surface area (TPSA) is 126 Å². The minimum Gasteiger partial charge on any atom is -0.480 e. The van der Waals surface area contributed by atoms with Gasteiger partial charge in [-0.15, -0.1) is 0 Å². The second kappa shape index (κ2) is 11.4. The molecule has 2 aromatic rings. The van der Waals surface area contributed by atoms with Crippen LogP contribution < -0.4 is 5.73 Å². The van der Waals surface area contributed by atoms with Crippen molar-refractivity contribution in [2.24, 2.45) is 10.7 Å². The number of fused-ring (bicyclic) bond motifs is 1. The Balaban J connectivity index is 1.57. The number of amides is 2. The SMILES string of the molecule is CCCN(OCC)C(=O)C1=Cc2ccc(-c3ccc(C(=O)N4CCC[C@H]4C(=O)O)cc3)cc2N=C(N)C1. The summed E-state index contributed by atoms with van der Waals surface area (Å²) in [6.45, 7) is 5.15. The molecular formula is C28H32N4O5. The summed E-state index contributed by atoms with van der Waals surface area (Å²) < 4.78 is 0. The first-order valence-corrected chi connectivity index (χ1v) is 12.6. The number of nitrogens with zero attached hydrogens (tertiary/aromatic N) is 3. The summed E-state index contributed by atoms with van der Waals surface area (Å²) in [5, 5.41) is 10.8. The van der Waals surface area contributed by atoms with E-state index in [4.69, 9.17) is 10.6 Å². The van der Waals surface area contributed by atoms with Gasteiger partial charge >= 0.3 is 5.97 Å². The van der Waals surface area contributed by atoms with E-state index in [2.05, 4.69) is 4.99 Å². The monoisotopic (exact) mass is 504 g/mol. The molecule has 2 aromatic carbocycles. The summed E-state index contributed by atoms with van der Waals surface area (Å²) in [7, 11) is 0. The lowest BCUT2D eigenvalue weighted by atomic mass is 9.99. The number of likely N-dealkylation sites (tertiary alicyclic amines) is 1. The number of carboxylic acid groups (broad SMARTS) is 1. The number of aliphatic imine (C=N–C) groups is 1. The van der Waals surface area contributed by atoms with Crippen molar-refractivity contribution >= 4 is 35.4 Å². The van der Waals surface area contributed by atoms with Gasteiger partial charge in [0.25, 0.3) is 11.8 Å². The summed E-state index contributed by atoms with van der Waals surface area (Å²) in [6.07, 6.45) is 3.96. The van der Waals surface area contributed by atoms with Crippen molar-refractivity contribution in [2.45, 2.75) is 45.6 Å². The highest BCUT2D eigenvalue weighted by Gasteiger charge is 2.34. The average molecular weight is 505 g/mol. The van der Waals surface area contributed by atoms with Crippen molar-refractivity contribution in [3.05, 3.63) is 59.2 Å². The number of carboxylic acids is 1. The Morgan fingerprint density at radius 2 is 1.86 bits per heavy atom. The van der Waals surface area contributed by atoms with Crippen LogP contribution in [-0.2, 0) is 14.4 Å². The summed E-state index contributed by atoms with van der Waals surface area (Å²) in [5.74, 6) is -1.13. The van der Waals surface area contributed by atoms with Crippen LogP contribution >= 0.6 is 0 Å². The highest BCUT2D eigenvalue weighted by molar-refractivity contribution is 6.05. The van der Waals surface area contributed by atoms with Gasteiger partial charge in [0, 0.05) is 36.2 Å². The third kappa shape index (κ3) is 5.72.